The molecule has 0 aliphatic heterocycles. The van der Waals surface area contributed by atoms with Crippen molar-refractivity contribution in [3.05, 3.63) is 29.8 Å². The Morgan fingerprint density at radius 1 is 1.35 bits per heavy atom. The van der Waals surface area contributed by atoms with Crippen LogP contribution in [-0.4, -0.2) is 15.0 Å². The Morgan fingerprint density at radius 2 is 1.94 bits per heavy atom. The molecule has 1 N–H and O–H groups in total. The van der Waals surface area contributed by atoms with Gasteiger partial charge in [0.1, 0.15) is 0 Å². The van der Waals surface area contributed by atoms with Crippen LogP contribution < -0.4 is 4.72 Å². The highest BCUT2D eigenvalue weighted by atomic mass is 32.2. The minimum atomic E-state index is -3.44. The number of nitrogens with one attached hydrogen (secondary N) is 1. The van der Waals surface area contributed by atoms with Crippen molar-refractivity contribution in [2.45, 2.75) is 25.2 Å². The summed E-state index contributed by atoms with van der Waals surface area (Å²) in [5, 5.41) is 8.58. The van der Waals surface area contributed by atoms with Crippen LogP contribution in [-0.2, 0) is 10.0 Å². The van der Waals surface area contributed by atoms with Gasteiger partial charge in [0.2, 0.25) is 10.0 Å². The monoisotopic (exact) mass is 252 g/mol. The molecule has 0 saturated carbocycles. The normalized spacial score (nSPS) is 13.0. The number of hydrogen-bond acceptors (Lipinski definition) is 3. The average molecular weight is 252 g/mol. The summed E-state index contributed by atoms with van der Waals surface area (Å²) < 4.78 is 26.1. The highest BCUT2D eigenvalue weighted by molar-refractivity contribution is 7.89. The Kier molecular flexibility index (Phi) is 4.67. The van der Waals surface area contributed by atoms with E-state index in [1.807, 2.05) is 6.92 Å². The molecule has 17 heavy (non-hydrogen) atoms. The van der Waals surface area contributed by atoms with E-state index in [2.05, 4.69) is 10.8 Å². The summed E-state index contributed by atoms with van der Waals surface area (Å²) in [6, 6.07) is 8.73. The molecule has 0 radical (unpaired) electrons. The van der Waals surface area contributed by atoms with Gasteiger partial charge in [0, 0.05) is 12.5 Å². The standard InChI is InChI=1S/C12H16N2O2S/c1-10-3-5-12(6-4-10)17(15,16)14-8-7-11(2)9-13/h3-6,11,14H,7-8H2,1-2H3/t11-/m0/s1. The zero-order valence-electron chi connectivity index (χ0n) is 9.97. The van der Waals surface area contributed by atoms with Crippen LogP contribution in [0, 0.1) is 24.2 Å². The number of rotatable bonds is 5. The third-order valence-corrected chi connectivity index (χ3v) is 3.90. The Balaban J connectivity index is 2.64. The predicted octanol–water partition coefficient (Wildman–Crippen LogP) is 1.82. The maximum absolute atomic E-state index is 11.8. The fraction of sp³-hybridized carbons (Fsp3) is 0.417. The van der Waals surface area contributed by atoms with Crippen LogP contribution in [0.25, 0.3) is 0 Å². The van der Waals surface area contributed by atoms with Crippen LogP contribution in [0.4, 0.5) is 0 Å². The van der Waals surface area contributed by atoms with E-state index in [-0.39, 0.29) is 17.4 Å². The van der Waals surface area contributed by atoms with Crippen molar-refractivity contribution in [3.8, 4) is 6.07 Å². The van der Waals surface area contributed by atoms with Crippen LogP contribution in [0.1, 0.15) is 18.9 Å². The van der Waals surface area contributed by atoms with Crippen LogP contribution in [0.5, 0.6) is 0 Å². The van der Waals surface area contributed by atoms with Gasteiger partial charge in [-0.3, -0.25) is 0 Å². The lowest BCUT2D eigenvalue weighted by Gasteiger charge is -2.07. The highest BCUT2D eigenvalue weighted by Gasteiger charge is 2.13. The average Bonchev–Trinajstić information content (AvgIpc) is 2.29. The van der Waals surface area contributed by atoms with Crippen LogP contribution in [0.15, 0.2) is 29.2 Å². The smallest absolute Gasteiger partial charge is 0.211 e. The lowest BCUT2D eigenvalue weighted by atomic mass is 10.1. The van der Waals surface area contributed by atoms with Crippen molar-refractivity contribution in [3.63, 3.8) is 0 Å². The molecule has 0 amide bonds. The molecule has 92 valence electrons. The van der Waals surface area contributed by atoms with Crippen molar-refractivity contribution >= 4 is 10.0 Å². The van der Waals surface area contributed by atoms with Gasteiger partial charge in [-0.15, -0.1) is 0 Å². The second-order valence-electron chi connectivity index (χ2n) is 4.03. The molecule has 0 fully saturated rings. The highest BCUT2D eigenvalue weighted by Crippen LogP contribution is 2.10. The SMILES string of the molecule is Cc1ccc(S(=O)(=O)NCC[C@H](C)C#N)cc1. The topological polar surface area (TPSA) is 70.0 Å². The fourth-order valence-corrected chi connectivity index (χ4v) is 2.32. The number of sulfonamides is 1. The van der Waals surface area contributed by atoms with E-state index in [4.69, 9.17) is 5.26 Å². The van der Waals surface area contributed by atoms with Crippen LogP contribution in [0.2, 0.25) is 0 Å². The number of nitrogens with zero attached hydrogens (tertiary/aromatic N) is 1. The largest absolute Gasteiger partial charge is 0.240 e. The van der Waals surface area contributed by atoms with Crippen LogP contribution >= 0.6 is 0 Å². The molecule has 0 spiro atoms. The van der Waals surface area contributed by atoms with Gasteiger partial charge in [0.25, 0.3) is 0 Å². The molecule has 1 atom stereocenters. The summed E-state index contributed by atoms with van der Waals surface area (Å²) in [6.45, 7) is 3.95. The molecule has 0 bridgehead atoms. The van der Waals surface area contributed by atoms with Gasteiger partial charge >= 0.3 is 0 Å². The first-order valence-electron chi connectivity index (χ1n) is 5.41. The molecule has 0 unspecified atom stereocenters. The second kappa shape index (κ2) is 5.80. The first-order valence-corrected chi connectivity index (χ1v) is 6.90. The van der Waals surface area contributed by atoms with E-state index in [0.717, 1.165) is 5.56 Å². The molecular formula is C12H16N2O2S. The van der Waals surface area contributed by atoms with Crippen LogP contribution in [0.3, 0.4) is 0 Å². The van der Waals surface area contributed by atoms with Crippen molar-refractivity contribution in [2.24, 2.45) is 5.92 Å². The fourth-order valence-electron chi connectivity index (χ4n) is 1.28. The molecular weight excluding hydrogens is 236 g/mol. The van der Waals surface area contributed by atoms with Crippen molar-refractivity contribution in [1.82, 2.24) is 4.72 Å². The van der Waals surface area contributed by atoms with E-state index in [0.29, 0.717) is 6.42 Å². The summed E-state index contributed by atoms with van der Waals surface area (Å²) in [5.74, 6) is -0.143. The van der Waals surface area contributed by atoms with E-state index < -0.39 is 10.0 Å². The van der Waals surface area contributed by atoms with Gasteiger partial charge < -0.3 is 0 Å². The molecule has 0 aromatic heterocycles. The van der Waals surface area contributed by atoms with Gasteiger partial charge in [-0.05, 0) is 32.4 Å². The number of aryl methyl sites for hydroxylation is 1. The minimum Gasteiger partial charge on any atom is -0.211 e. The van der Waals surface area contributed by atoms with Gasteiger partial charge in [-0.1, -0.05) is 17.7 Å². The molecule has 1 aromatic rings. The molecule has 0 aliphatic carbocycles. The van der Waals surface area contributed by atoms with Gasteiger partial charge in [-0.25, -0.2) is 13.1 Å². The van der Waals surface area contributed by atoms with Gasteiger partial charge in [0.05, 0.1) is 11.0 Å². The van der Waals surface area contributed by atoms with Gasteiger partial charge in [0.15, 0.2) is 0 Å². The maximum Gasteiger partial charge on any atom is 0.240 e. The van der Waals surface area contributed by atoms with E-state index in [9.17, 15) is 8.42 Å². The summed E-state index contributed by atoms with van der Waals surface area (Å²) in [5.41, 5.74) is 1.02. The summed E-state index contributed by atoms with van der Waals surface area (Å²) >= 11 is 0. The van der Waals surface area contributed by atoms with E-state index in [1.54, 1.807) is 31.2 Å². The quantitative estimate of drug-likeness (QED) is 0.869. The molecule has 5 heteroatoms. The summed E-state index contributed by atoms with van der Waals surface area (Å²) in [4.78, 5) is 0.257. The molecule has 0 saturated heterocycles. The first-order chi connectivity index (χ1) is 7.95. The third kappa shape index (κ3) is 4.17. The zero-order chi connectivity index (χ0) is 12.9. The zero-order valence-corrected chi connectivity index (χ0v) is 10.8. The van der Waals surface area contributed by atoms with Crippen molar-refractivity contribution in [1.29, 1.82) is 5.26 Å². The van der Waals surface area contributed by atoms with Gasteiger partial charge in [-0.2, -0.15) is 5.26 Å². The summed E-state index contributed by atoms with van der Waals surface area (Å²) in [6.07, 6.45) is 0.515. The number of hydrogen-bond donors (Lipinski definition) is 1. The Hall–Kier alpha value is -1.38. The molecule has 4 nitrogen and oxygen atoms in total. The molecule has 0 aliphatic rings. The van der Waals surface area contributed by atoms with Crippen molar-refractivity contribution < 1.29 is 8.42 Å². The predicted molar refractivity (Wildman–Crippen MR) is 65.8 cm³/mol. The Bertz CT molecular complexity index is 500. The molecule has 1 aromatic carbocycles. The van der Waals surface area contributed by atoms with E-state index in [1.165, 1.54) is 0 Å². The first kappa shape index (κ1) is 13.7. The number of nitriles is 1. The minimum absolute atomic E-state index is 0.143. The lowest BCUT2D eigenvalue weighted by molar-refractivity contribution is 0.570. The summed E-state index contributed by atoms with van der Waals surface area (Å²) in [7, 11) is -3.44. The second-order valence-corrected chi connectivity index (χ2v) is 5.80. The molecule has 1 rings (SSSR count). The number of benzene rings is 1. The third-order valence-electron chi connectivity index (χ3n) is 2.42. The molecule has 0 heterocycles. The maximum atomic E-state index is 11.8. The lowest BCUT2D eigenvalue weighted by Crippen LogP contribution is -2.25. The van der Waals surface area contributed by atoms with Crippen molar-refractivity contribution in [2.75, 3.05) is 6.54 Å². The Morgan fingerprint density at radius 3 is 2.47 bits per heavy atom. The van der Waals surface area contributed by atoms with E-state index >= 15 is 0 Å². The Labute approximate surface area is 102 Å².